The van der Waals surface area contributed by atoms with Crippen LogP contribution in [-0.2, 0) is 32.7 Å². The van der Waals surface area contributed by atoms with Gasteiger partial charge >= 0.3 is 5.97 Å². The van der Waals surface area contributed by atoms with Gasteiger partial charge in [-0.2, -0.15) is 0 Å². The van der Waals surface area contributed by atoms with Crippen molar-refractivity contribution in [3.05, 3.63) is 52.7 Å². The van der Waals surface area contributed by atoms with Crippen LogP contribution in [0, 0.1) is 16.7 Å². The lowest BCUT2D eigenvalue weighted by molar-refractivity contribution is -0.134. The third-order valence-electron chi connectivity index (χ3n) is 9.71. The third-order valence-corrected chi connectivity index (χ3v) is 9.71. The molecule has 4 aliphatic carbocycles. The lowest BCUT2D eigenvalue weighted by atomic mass is 9.71. The molecule has 3 amide bonds. The molecule has 0 radical (unpaired) electrons. The van der Waals surface area contributed by atoms with Gasteiger partial charge in [0.1, 0.15) is 24.0 Å². The Hall–Kier alpha value is -4.29. The molecule has 13 nitrogen and oxygen atoms in total. The van der Waals surface area contributed by atoms with Crippen molar-refractivity contribution in [3.8, 4) is 0 Å². The minimum atomic E-state index is -1.06. The molecule has 4 saturated carbocycles. The zero-order valence-corrected chi connectivity index (χ0v) is 25.0. The number of rotatable bonds is 11. The number of nitrogens with one attached hydrogen (secondary N) is 3. The molecule has 2 heterocycles. The number of aryl methyl sites for hydroxylation is 1. The van der Waals surface area contributed by atoms with Gasteiger partial charge in [-0.05, 0) is 73.8 Å². The van der Waals surface area contributed by atoms with Crippen molar-refractivity contribution in [2.45, 2.75) is 76.9 Å². The summed E-state index contributed by atoms with van der Waals surface area (Å²) in [4.78, 5) is 64.0. The monoisotopic (exact) mass is 593 g/mol. The minimum Gasteiger partial charge on any atom is -0.466 e. The van der Waals surface area contributed by atoms with Gasteiger partial charge in [0, 0.05) is 24.9 Å². The van der Waals surface area contributed by atoms with Crippen molar-refractivity contribution in [1.82, 2.24) is 30.2 Å². The summed E-state index contributed by atoms with van der Waals surface area (Å²) >= 11 is 0. The number of hydrogen-bond donors (Lipinski definition) is 3. The summed E-state index contributed by atoms with van der Waals surface area (Å²) in [7, 11) is 2.80. The van der Waals surface area contributed by atoms with Crippen LogP contribution in [0.15, 0.2) is 41.5 Å². The maximum absolute atomic E-state index is 13.3. The highest BCUT2D eigenvalue weighted by Gasteiger charge is 2.67. The van der Waals surface area contributed by atoms with E-state index in [0.29, 0.717) is 5.92 Å². The third kappa shape index (κ3) is 5.98. The van der Waals surface area contributed by atoms with Crippen LogP contribution in [0.1, 0.15) is 69.3 Å². The van der Waals surface area contributed by atoms with Gasteiger partial charge in [-0.3, -0.25) is 19.2 Å². The molecule has 6 rings (SSSR count). The van der Waals surface area contributed by atoms with E-state index in [1.807, 2.05) is 0 Å². The van der Waals surface area contributed by atoms with Crippen LogP contribution in [0.5, 0.6) is 0 Å². The summed E-state index contributed by atoms with van der Waals surface area (Å²) in [5.41, 5.74) is -0.178. The highest BCUT2D eigenvalue weighted by Crippen LogP contribution is 2.73. The molecular weight excluding hydrogens is 554 g/mol. The molecular formula is C30H39N7O6. The topological polar surface area (TPSA) is 166 Å². The second-order valence-corrected chi connectivity index (χ2v) is 12.9. The average molecular weight is 594 g/mol. The molecule has 4 bridgehead atoms. The first-order valence-electron chi connectivity index (χ1n) is 14.6. The highest BCUT2D eigenvalue weighted by atomic mass is 16.5. The van der Waals surface area contributed by atoms with Crippen LogP contribution < -0.4 is 21.5 Å². The van der Waals surface area contributed by atoms with Crippen molar-refractivity contribution in [3.63, 3.8) is 0 Å². The fourth-order valence-corrected chi connectivity index (χ4v) is 7.92. The fourth-order valence-electron chi connectivity index (χ4n) is 7.92. The predicted octanol–water partition coefficient (Wildman–Crippen LogP) is 1.70. The molecule has 13 heteroatoms. The Balaban J connectivity index is 1.26. The van der Waals surface area contributed by atoms with E-state index in [1.165, 1.54) is 59.8 Å². The second-order valence-electron chi connectivity index (χ2n) is 12.9. The van der Waals surface area contributed by atoms with Gasteiger partial charge < -0.3 is 25.3 Å². The summed E-state index contributed by atoms with van der Waals surface area (Å²) < 4.78 is 7.12. The van der Waals surface area contributed by atoms with Crippen molar-refractivity contribution in [2.24, 2.45) is 23.8 Å². The van der Waals surface area contributed by atoms with Gasteiger partial charge in [0.25, 0.3) is 11.5 Å². The Morgan fingerprint density at radius 3 is 2.51 bits per heavy atom. The number of nitrogens with zero attached hydrogens (tertiary/aromatic N) is 4. The first-order valence-corrected chi connectivity index (χ1v) is 14.6. The Morgan fingerprint density at radius 2 is 1.88 bits per heavy atom. The van der Waals surface area contributed by atoms with Crippen molar-refractivity contribution < 1.29 is 23.9 Å². The molecule has 230 valence electrons. The Morgan fingerprint density at radius 1 is 1.16 bits per heavy atom. The van der Waals surface area contributed by atoms with Crippen LogP contribution in [0.4, 0.5) is 5.69 Å². The highest BCUT2D eigenvalue weighted by molar-refractivity contribution is 6.00. The zero-order chi connectivity index (χ0) is 31.0. The van der Waals surface area contributed by atoms with E-state index < -0.39 is 29.4 Å². The van der Waals surface area contributed by atoms with E-state index in [-0.39, 0.29) is 53.0 Å². The fraction of sp³-hybridized carbons (Fsp3) is 0.567. The smallest absolute Gasteiger partial charge is 0.330 e. The number of hydrogen-bond acceptors (Lipinski definition) is 8. The predicted molar refractivity (Wildman–Crippen MR) is 156 cm³/mol. The number of allylic oxidation sites excluding steroid dienone is 1. The first-order chi connectivity index (χ1) is 20.4. The van der Waals surface area contributed by atoms with Crippen LogP contribution in [0.3, 0.4) is 0 Å². The SMILES string of the molecule is COC(=O)/C=C/CC[C@H](NC(=O)c1cnnn1C)C(=O)Nc1cccn(CC(=O)NC23CC4CC(C)(C2)C(C)(C4)C3)c1=O. The number of methoxy groups -OCH3 is 1. The largest absolute Gasteiger partial charge is 0.466 e. The van der Waals surface area contributed by atoms with Crippen molar-refractivity contribution >= 4 is 29.4 Å². The van der Waals surface area contributed by atoms with E-state index in [2.05, 4.69) is 44.8 Å². The van der Waals surface area contributed by atoms with E-state index in [9.17, 15) is 24.0 Å². The maximum atomic E-state index is 13.3. The molecule has 0 saturated heterocycles. The molecule has 43 heavy (non-hydrogen) atoms. The van der Waals surface area contributed by atoms with Crippen molar-refractivity contribution in [2.75, 3.05) is 12.4 Å². The Labute approximate surface area is 249 Å². The summed E-state index contributed by atoms with van der Waals surface area (Å²) in [5.74, 6) is -1.36. The average Bonchev–Trinajstić information content (AvgIpc) is 3.48. The van der Waals surface area contributed by atoms with Gasteiger partial charge in [-0.25, -0.2) is 9.48 Å². The summed E-state index contributed by atoms with van der Waals surface area (Å²) in [5, 5.41) is 16.0. The number of carbonyl (C=O) groups excluding carboxylic acids is 4. The van der Waals surface area contributed by atoms with E-state index >= 15 is 0 Å². The lowest BCUT2D eigenvalue weighted by Gasteiger charge is -2.41. The van der Waals surface area contributed by atoms with E-state index in [1.54, 1.807) is 13.1 Å². The Kier molecular flexibility index (Phi) is 8.01. The zero-order valence-electron chi connectivity index (χ0n) is 25.0. The summed E-state index contributed by atoms with van der Waals surface area (Å²) in [6.45, 7) is 4.51. The number of aromatic nitrogens is 4. The maximum Gasteiger partial charge on any atom is 0.330 e. The molecule has 2 unspecified atom stereocenters. The molecule has 0 spiro atoms. The van der Waals surface area contributed by atoms with Crippen LogP contribution in [-0.4, -0.2) is 61.9 Å². The van der Waals surface area contributed by atoms with Crippen LogP contribution >= 0.6 is 0 Å². The van der Waals surface area contributed by atoms with Gasteiger partial charge in [0.05, 0.1) is 13.3 Å². The van der Waals surface area contributed by atoms with E-state index in [4.69, 9.17) is 0 Å². The van der Waals surface area contributed by atoms with Gasteiger partial charge in [0.2, 0.25) is 11.8 Å². The second kappa shape index (κ2) is 11.4. The number of amides is 3. The molecule has 0 aromatic carbocycles. The molecule has 0 aliphatic heterocycles. The number of carbonyl (C=O) groups is 4. The quantitative estimate of drug-likeness (QED) is 0.262. The molecule has 3 atom stereocenters. The summed E-state index contributed by atoms with van der Waals surface area (Å²) in [6.07, 6.45) is 11.2. The standard InChI is InChI=1S/C30H39N7O6/c1-28-12-19-13-29(28,2)18-30(14-19,17-28)34-23(38)16-37-11-7-9-21(27(37)42)33-25(40)20(8-5-6-10-24(39)43-4)32-26(41)22-15-31-35-36(22)3/h6-7,9-11,15,19-20H,5,8,12-14,16-18H2,1-4H3,(H,32,41)(H,33,40)(H,34,38)/b10-6+/t19?,20-,28?,29?,30?/m0/s1. The number of pyridine rings is 1. The van der Waals surface area contributed by atoms with E-state index in [0.717, 1.165) is 19.3 Å². The first kappa shape index (κ1) is 30.2. The number of esters is 1. The van der Waals surface area contributed by atoms with Gasteiger partial charge in [-0.1, -0.05) is 25.1 Å². The lowest BCUT2D eigenvalue weighted by Crippen LogP contribution is -2.52. The molecule has 3 N–H and O–H groups in total. The molecule has 2 aromatic heterocycles. The number of anilines is 1. The summed E-state index contributed by atoms with van der Waals surface area (Å²) in [6, 6.07) is 1.97. The molecule has 4 aliphatic rings. The number of ether oxygens (including phenoxy) is 1. The molecule has 4 fully saturated rings. The van der Waals surface area contributed by atoms with Gasteiger partial charge in [0.15, 0.2) is 0 Å². The van der Waals surface area contributed by atoms with Gasteiger partial charge in [-0.15, -0.1) is 5.10 Å². The normalized spacial score (nSPS) is 27.7. The van der Waals surface area contributed by atoms with Crippen LogP contribution in [0.25, 0.3) is 0 Å². The minimum absolute atomic E-state index is 0.0233. The van der Waals surface area contributed by atoms with Crippen molar-refractivity contribution in [1.29, 1.82) is 0 Å². The molecule has 2 aromatic rings. The van der Waals surface area contributed by atoms with Crippen LogP contribution in [0.2, 0.25) is 0 Å². The Bertz CT molecular complexity index is 1510.